The first-order valence-electron chi connectivity index (χ1n) is 7.44. The van der Waals surface area contributed by atoms with Gasteiger partial charge in [0.1, 0.15) is 5.25 Å². The number of hydrogen-bond acceptors (Lipinski definition) is 6. The van der Waals surface area contributed by atoms with E-state index in [2.05, 4.69) is 10.2 Å². The van der Waals surface area contributed by atoms with Crippen LogP contribution in [0.5, 0.6) is 0 Å². The van der Waals surface area contributed by atoms with Crippen LogP contribution in [0.2, 0.25) is 0 Å². The van der Waals surface area contributed by atoms with Gasteiger partial charge in [0.15, 0.2) is 10.9 Å². The van der Waals surface area contributed by atoms with Crippen molar-refractivity contribution < 1.29 is 13.9 Å². The van der Waals surface area contributed by atoms with Crippen molar-refractivity contribution in [1.29, 1.82) is 0 Å². The zero-order valence-electron chi connectivity index (χ0n) is 13.4. The van der Waals surface area contributed by atoms with Crippen LogP contribution < -0.4 is 0 Å². The van der Waals surface area contributed by atoms with Gasteiger partial charge < -0.3 is 9.15 Å². The molecule has 0 fully saturated rings. The predicted octanol–water partition coefficient (Wildman–Crippen LogP) is 3.24. The summed E-state index contributed by atoms with van der Waals surface area (Å²) in [5.41, 5.74) is 1.11. The summed E-state index contributed by atoms with van der Waals surface area (Å²) in [4.78, 5) is 11.7. The van der Waals surface area contributed by atoms with Crippen LogP contribution in [0.3, 0.4) is 0 Å². The van der Waals surface area contributed by atoms with Crippen molar-refractivity contribution in [1.82, 2.24) is 14.8 Å². The van der Waals surface area contributed by atoms with E-state index in [0.717, 1.165) is 5.56 Å². The van der Waals surface area contributed by atoms with Gasteiger partial charge >= 0.3 is 5.97 Å². The van der Waals surface area contributed by atoms with E-state index in [1.165, 1.54) is 18.9 Å². The Morgan fingerprint density at radius 2 is 2.04 bits per heavy atom. The largest absolute Gasteiger partial charge is 0.468 e. The van der Waals surface area contributed by atoms with Gasteiger partial charge in [-0.15, -0.1) is 10.2 Å². The van der Waals surface area contributed by atoms with Crippen LogP contribution in [0.1, 0.15) is 12.5 Å². The number of carbonyl (C=O) groups excluding carboxylic acids is 1. The van der Waals surface area contributed by atoms with Crippen molar-refractivity contribution in [2.45, 2.75) is 23.9 Å². The lowest BCUT2D eigenvalue weighted by molar-refractivity contribution is -0.139. The van der Waals surface area contributed by atoms with E-state index in [0.29, 0.717) is 23.3 Å². The average Bonchev–Trinajstić information content (AvgIpc) is 3.25. The van der Waals surface area contributed by atoms with Crippen LogP contribution in [0, 0.1) is 0 Å². The number of hydrogen-bond donors (Lipinski definition) is 0. The van der Waals surface area contributed by atoms with Crippen molar-refractivity contribution in [3.8, 4) is 11.6 Å². The van der Waals surface area contributed by atoms with Gasteiger partial charge in [-0.05, 0) is 24.6 Å². The fraction of sp³-hybridized carbons (Fsp3) is 0.235. The lowest BCUT2D eigenvalue weighted by Crippen LogP contribution is -2.16. The Hall–Kier alpha value is -2.54. The number of esters is 1. The Kier molecular flexibility index (Phi) is 5.00. The van der Waals surface area contributed by atoms with Gasteiger partial charge in [-0.2, -0.15) is 0 Å². The van der Waals surface area contributed by atoms with Crippen molar-refractivity contribution in [3.63, 3.8) is 0 Å². The van der Waals surface area contributed by atoms with Crippen molar-refractivity contribution >= 4 is 17.7 Å². The molecule has 0 amide bonds. The molecule has 1 atom stereocenters. The SMILES string of the molecule is COC(=O)[C@H](C)Sc1nnc(-c2ccco2)n1Cc1ccccc1. The zero-order chi connectivity index (χ0) is 16.9. The molecule has 124 valence electrons. The molecule has 0 saturated heterocycles. The molecule has 0 bridgehead atoms. The van der Waals surface area contributed by atoms with Gasteiger partial charge in [-0.3, -0.25) is 9.36 Å². The number of rotatable bonds is 6. The molecule has 2 aromatic heterocycles. The highest BCUT2D eigenvalue weighted by atomic mass is 32.2. The molecular formula is C17H17N3O3S. The third kappa shape index (κ3) is 3.51. The van der Waals surface area contributed by atoms with Gasteiger partial charge in [-0.1, -0.05) is 42.1 Å². The van der Waals surface area contributed by atoms with E-state index in [4.69, 9.17) is 9.15 Å². The van der Waals surface area contributed by atoms with Crippen molar-refractivity contribution in [2.24, 2.45) is 0 Å². The van der Waals surface area contributed by atoms with E-state index >= 15 is 0 Å². The highest BCUT2D eigenvalue weighted by molar-refractivity contribution is 8.00. The molecule has 6 nitrogen and oxygen atoms in total. The lowest BCUT2D eigenvalue weighted by atomic mass is 10.2. The molecule has 0 spiro atoms. The fourth-order valence-electron chi connectivity index (χ4n) is 2.24. The quantitative estimate of drug-likeness (QED) is 0.505. The minimum absolute atomic E-state index is 0.297. The summed E-state index contributed by atoms with van der Waals surface area (Å²) < 4.78 is 12.2. The van der Waals surface area contributed by atoms with E-state index in [-0.39, 0.29) is 11.2 Å². The van der Waals surface area contributed by atoms with E-state index in [1.54, 1.807) is 19.3 Å². The predicted molar refractivity (Wildman–Crippen MR) is 90.6 cm³/mol. The first-order valence-corrected chi connectivity index (χ1v) is 8.32. The van der Waals surface area contributed by atoms with Gasteiger partial charge in [0, 0.05) is 0 Å². The number of thioether (sulfide) groups is 1. The molecule has 0 aliphatic carbocycles. The molecule has 0 aliphatic heterocycles. The minimum atomic E-state index is -0.377. The first-order chi connectivity index (χ1) is 11.7. The topological polar surface area (TPSA) is 70.2 Å². The van der Waals surface area contributed by atoms with Crippen molar-refractivity contribution in [3.05, 3.63) is 54.3 Å². The maximum Gasteiger partial charge on any atom is 0.318 e. The second-order valence-electron chi connectivity index (χ2n) is 5.14. The molecule has 0 unspecified atom stereocenters. The summed E-state index contributed by atoms with van der Waals surface area (Å²) in [6, 6.07) is 13.6. The Morgan fingerprint density at radius 1 is 1.25 bits per heavy atom. The summed E-state index contributed by atoms with van der Waals surface area (Å²) >= 11 is 1.31. The van der Waals surface area contributed by atoms with Gasteiger partial charge in [0.2, 0.25) is 5.82 Å². The molecule has 2 heterocycles. The Bertz CT molecular complexity index is 800. The number of ether oxygens (including phenoxy) is 1. The molecule has 24 heavy (non-hydrogen) atoms. The number of aromatic nitrogens is 3. The van der Waals surface area contributed by atoms with Crippen LogP contribution in [0.25, 0.3) is 11.6 Å². The van der Waals surface area contributed by atoms with Crippen LogP contribution >= 0.6 is 11.8 Å². The van der Waals surface area contributed by atoms with Gasteiger partial charge in [0.25, 0.3) is 0 Å². The number of furan rings is 1. The molecule has 3 aromatic rings. The molecule has 0 saturated carbocycles. The number of nitrogens with zero attached hydrogens (tertiary/aromatic N) is 3. The number of benzene rings is 1. The molecule has 1 aromatic carbocycles. The van der Waals surface area contributed by atoms with Crippen LogP contribution in [0.15, 0.2) is 58.3 Å². The Balaban J connectivity index is 1.95. The third-order valence-corrected chi connectivity index (χ3v) is 4.52. The first kappa shape index (κ1) is 16.3. The molecule has 0 aliphatic rings. The van der Waals surface area contributed by atoms with Gasteiger partial charge in [0.05, 0.1) is 19.9 Å². The molecule has 3 rings (SSSR count). The van der Waals surface area contributed by atoms with E-state index < -0.39 is 0 Å². The second-order valence-corrected chi connectivity index (χ2v) is 6.45. The summed E-state index contributed by atoms with van der Waals surface area (Å²) in [6.45, 7) is 2.37. The highest BCUT2D eigenvalue weighted by Crippen LogP contribution is 2.28. The van der Waals surface area contributed by atoms with Crippen LogP contribution in [-0.4, -0.2) is 33.1 Å². The van der Waals surface area contributed by atoms with Crippen molar-refractivity contribution in [2.75, 3.05) is 7.11 Å². The monoisotopic (exact) mass is 343 g/mol. The average molecular weight is 343 g/mol. The minimum Gasteiger partial charge on any atom is -0.468 e. The summed E-state index contributed by atoms with van der Waals surface area (Å²) in [5.74, 6) is 0.966. The molecule has 0 N–H and O–H groups in total. The fourth-order valence-corrected chi connectivity index (χ4v) is 3.12. The van der Waals surface area contributed by atoms with E-state index in [9.17, 15) is 4.79 Å². The number of methoxy groups -OCH3 is 1. The normalized spacial score (nSPS) is 12.1. The smallest absolute Gasteiger partial charge is 0.318 e. The Morgan fingerprint density at radius 3 is 2.71 bits per heavy atom. The molecule has 0 radical (unpaired) electrons. The summed E-state index contributed by atoms with van der Waals surface area (Å²) in [7, 11) is 1.38. The highest BCUT2D eigenvalue weighted by Gasteiger charge is 2.22. The van der Waals surface area contributed by atoms with E-state index in [1.807, 2.05) is 41.0 Å². The third-order valence-electron chi connectivity index (χ3n) is 3.46. The van der Waals surface area contributed by atoms with Crippen LogP contribution in [0.4, 0.5) is 0 Å². The number of carbonyl (C=O) groups is 1. The summed E-state index contributed by atoms with van der Waals surface area (Å²) in [5, 5.41) is 8.74. The second kappa shape index (κ2) is 7.35. The zero-order valence-corrected chi connectivity index (χ0v) is 14.2. The van der Waals surface area contributed by atoms with Crippen LogP contribution in [-0.2, 0) is 16.1 Å². The molecular weight excluding hydrogens is 326 g/mol. The van der Waals surface area contributed by atoms with Gasteiger partial charge in [-0.25, -0.2) is 0 Å². The summed E-state index contributed by atoms with van der Waals surface area (Å²) in [6.07, 6.45) is 1.60. The maximum atomic E-state index is 11.7. The standard InChI is InChI=1S/C17H17N3O3S/c1-12(16(21)22-2)24-17-19-18-15(14-9-6-10-23-14)20(17)11-13-7-4-3-5-8-13/h3-10,12H,11H2,1-2H3/t12-/m0/s1. The maximum absolute atomic E-state index is 11.7. The Labute approximate surface area is 143 Å². The lowest BCUT2D eigenvalue weighted by Gasteiger charge is -2.11. The molecule has 7 heteroatoms.